The van der Waals surface area contributed by atoms with Crippen LogP contribution in [0.3, 0.4) is 0 Å². The number of carboxylic acids is 1. The summed E-state index contributed by atoms with van der Waals surface area (Å²) in [7, 11) is 0. The van der Waals surface area contributed by atoms with Gasteiger partial charge in [0, 0.05) is 6.42 Å². The molecule has 104 valence electrons. The number of carbonyl (C=O) groups is 1. The van der Waals surface area contributed by atoms with Crippen LogP contribution in [0.25, 0.3) is 0 Å². The van der Waals surface area contributed by atoms with Crippen LogP contribution in [0, 0.1) is 6.92 Å². The maximum absolute atomic E-state index is 11.5. The first-order chi connectivity index (χ1) is 9.07. The lowest BCUT2D eigenvalue weighted by molar-refractivity contribution is -0.144. The summed E-state index contributed by atoms with van der Waals surface area (Å²) < 4.78 is 5.95. The molecule has 0 radical (unpaired) electrons. The first-order valence-electron chi connectivity index (χ1n) is 6.78. The van der Waals surface area contributed by atoms with Crippen LogP contribution in [-0.2, 0) is 4.79 Å². The van der Waals surface area contributed by atoms with Gasteiger partial charge in [0.1, 0.15) is 17.4 Å². The van der Waals surface area contributed by atoms with E-state index in [1.54, 1.807) is 0 Å². The molecule has 4 nitrogen and oxygen atoms in total. The van der Waals surface area contributed by atoms with Gasteiger partial charge in [0.15, 0.2) is 0 Å². The van der Waals surface area contributed by atoms with Crippen molar-refractivity contribution in [1.82, 2.24) is 5.32 Å². The Hall–Kier alpha value is -1.55. The van der Waals surface area contributed by atoms with Crippen molar-refractivity contribution >= 4 is 5.97 Å². The van der Waals surface area contributed by atoms with Gasteiger partial charge in [0.05, 0.1) is 0 Å². The van der Waals surface area contributed by atoms with Gasteiger partial charge in [-0.3, -0.25) is 4.79 Å². The number of benzene rings is 1. The highest BCUT2D eigenvalue weighted by atomic mass is 16.5. The fourth-order valence-corrected chi connectivity index (χ4v) is 2.74. The molecule has 0 spiro atoms. The van der Waals surface area contributed by atoms with Gasteiger partial charge < -0.3 is 15.2 Å². The molecule has 1 fully saturated rings. The number of aryl methyl sites for hydroxylation is 1. The number of aliphatic carboxylic acids is 1. The standard InChI is InChI=1S/C15H21NO3/c1-3-16-15(14(17)18)9-8-12(10-15)19-13-7-5-4-6-11(13)2/h4-7,12,16H,3,8-10H2,1-2H3,(H,17,18). The van der Waals surface area contributed by atoms with Gasteiger partial charge >= 0.3 is 5.97 Å². The van der Waals surface area contributed by atoms with Crippen molar-refractivity contribution in [3.63, 3.8) is 0 Å². The minimum Gasteiger partial charge on any atom is -0.490 e. The van der Waals surface area contributed by atoms with Crippen molar-refractivity contribution in [2.75, 3.05) is 6.54 Å². The maximum atomic E-state index is 11.5. The van der Waals surface area contributed by atoms with E-state index in [4.69, 9.17) is 4.74 Å². The van der Waals surface area contributed by atoms with Crippen molar-refractivity contribution in [2.24, 2.45) is 0 Å². The van der Waals surface area contributed by atoms with Gasteiger partial charge in [-0.05, 0) is 37.9 Å². The molecule has 19 heavy (non-hydrogen) atoms. The van der Waals surface area contributed by atoms with Gasteiger partial charge in [0.25, 0.3) is 0 Å². The SMILES string of the molecule is CCNC1(C(=O)O)CCC(Oc2ccccc2C)C1. The molecule has 0 aromatic heterocycles. The summed E-state index contributed by atoms with van der Waals surface area (Å²) in [6, 6.07) is 7.84. The zero-order valence-corrected chi connectivity index (χ0v) is 11.5. The number of likely N-dealkylation sites (N-methyl/N-ethyl adjacent to an activating group) is 1. The molecular formula is C15H21NO3. The molecule has 0 heterocycles. The van der Waals surface area contributed by atoms with Gasteiger partial charge in [-0.15, -0.1) is 0 Å². The minimum absolute atomic E-state index is 0.0313. The van der Waals surface area contributed by atoms with Crippen molar-refractivity contribution in [3.05, 3.63) is 29.8 Å². The molecule has 2 N–H and O–H groups in total. The van der Waals surface area contributed by atoms with Crippen molar-refractivity contribution in [1.29, 1.82) is 0 Å². The van der Waals surface area contributed by atoms with E-state index in [9.17, 15) is 9.90 Å². The molecule has 0 bridgehead atoms. The smallest absolute Gasteiger partial charge is 0.324 e. The predicted molar refractivity (Wildman–Crippen MR) is 73.5 cm³/mol. The van der Waals surface area contributed by atoms with Crippen molar-refractivity contribution in [2.45, 2.75) is 44.8 Å². The third-order valence-corrected chi connectivity index (χ3v) is 3.78. The number of ether oxygens (including phenoxy) is 1. The maximum Gasteiger partial charge on any atom is 0.324 e. The van der Waals surface area contributed by atoms with Crippen LogP contribution in [0.5, 0.6) is 5.75 Å². The van der Waals surface area contributed by atoms with Gasteiger partial charge in [-0.25, -0.2) is 0 Å². The van der Waals surface area contributed by atoms with Gasteiger partial charge in [0.2, 0.25) is 0 Å². The second kappa shape index (κ2) is 5.61. The Morgan fingerprint density at radius 2 is 2.26 bits per heavy atom. The Morgan fingerprint density at radius 3 is 2.89 bits per heavy atom. The Bertz CT molecular complexity index is 460. The number of hydrogen-bond donors (Lipinski definition) is 2. The quantitative estimate of drug-likeness (QED) is 0.856. The highest BCUT2D eigenvalue weighted by molar-refractivity contribution is 5.79. The Balaban J connectivity index is 2.06. The molecule has 1 aromatic carbocycles. The summed E-state index contributed by atoms with van der Waals surface area (Å²) in [6.45, 7) is 4.59. The van der Waals surface area contributed by atoms with Crippen LogP contribution in [-0.4, -0.2) is 29.3 Å². The van der Waals surface area contributed by atoms with E-state index in [1.807, 2.05) is 38.1 Å². The molecule has 1 aliphatic carbocycles. The van der Waals surface area contributed by atoms with E-state index < -0.39 is 11.5 Å². The average molecular weight is 263 g/mol. The van der Waals surface area contributed by atoms with E-state index in [2.05, 4.69) is 5.32 Å². The third kappa shape index (κ3) is 2.89. The molecule has 2 unspecified atom stereocenters. The second-order valence-corrected chi connectivity index (χ2v) is 5.17. The second-order valence-electron chi connectivity index (χ2n) is 5.17. The number of para-hydroxylation sites is 1. The fraction of sp³-hybridized carbons (Fsp3) is 0.533. The van der Waals surface area contributed by atoms with Gasteiger partial charge in [-0.2, -0.15) is 0 Å². The molecule has 2 atom stereocenters. The summed E-state index contributed by atoms with van der Waals surface area (Å²) in [6.07, 6.45) is 1.88. The highest BCUT2D eigenvalue weighted by Crippen LogP contribution is 2.33. The monoisotopic (exact) mass is 263 g/mol. The normalized spacial score (nSPS) is 26.3. The lowest BCUT2D eigenvalue weighted by Gasteiger charge is -2.25. The molecular weight excluding hydrogens is 242 g/mol. The first-order valence-corrected chi connectivity index (χ1v) is 6.78. The van der Waals surface area contributed by atoms with E-state index >= 15 is 0 Å². The van der Waals surface area contributed by atoms with Crippen LogP contribution in [0.1, 0.15) is 31.7 Å². The zero-order valence-electron chi connectivity index (χ0n) is 11.5. The number of hydrogen-bond acceptors (Lipinski definition) is 3. The third-order valence-electron chi connectivity index (χ3n) is 3.78. The summed E-state index contributed by atoms with van der Waals surface area (Å²) in [5.74, 6) is 0.0791. The Morgan fingerprint density at radius 1 is 1.53 bits per heavy atom. The van der Waals surface area contributed by atoms with E-state index in [-0.39, 0.29) is 6.10 Å². The van der Waals surface area contributed by atoms with Crippen LogP contribution in [0.4, 0.5) is 0 Å². The topological polar surface area (TPSA) is 58.6 Å². The number of carboxylic acid groups (broad SMARTS) is 1. The van der Waals surface area contributed by atoms with E-state index in [0.717, 1.165) is 17.7 Å². The molecule has 1 saturated carbocycles. The molecule has 0 amide bonds. The number of nitrogens with one attached hydrogen (secondary N) is 1. The van der Waals surface area contributed by atoms with Crippen LogP contribution < -0.4 is 10.1 Å². The first kappa shape index (κ1) is 13.9. The number of rotatable bonds is 5. The lowest BCUT2D eigenvalue weighted by atomic mass is 9.98. The fourth-order valence-electron chi connectivity index (χ4n) is 2.74. The summed E-state index contributed by atoms with van der Waals surface area (Å²) >= 11 is 0. The van der Waals surface area contributed by atoms with Crippen LogP contribution in [0.2, 0.25) is 0 Å². The lowest BCUT2D eigenvalue weighted by Crippen LogP contribution is -2.50. The van der Waals surface area contributed by atoms with Crippen LogP contribution in [0.15, 0.2) is 24.3 Å². The Labute approximate surface area is 113 Å². The molecule has 2 rings (SSSR count). The molecule has 1 aromatic rings. The van der Waals surface area contributed by atoms with Crippen molar-refractivity contribution < 1.29 is 14.6 Å². The highest BCUT2D eigenvalue weighted by Gasteiger charge is 2.45. The predicted octanol–water partition coefficient (Wildman–Crippen LogP) is 2.36. The van der Waals surface area contributed by atoms with E-state index in [0.29, 0.717) is 19.4 Å². The summed E-state index contributed by atoms with van der Waals surface area (Å²) in [4.78, 5) is 11.5. The van der Waals surface area contributed by atoms with Crippen molar-refractivity contribution in [3.8, 4) is 5.75 Å². The Kier molecular flexibility index (Phi) is 4.10. The van der Waals surface area contributed by atoms with E-state index in [1.165, 1.54) is 0 Å². The largest absolute Gasteiger partial charge is 0.490 e. The molecule has 0 aliphatic heterocycles. The summed E-state index contributed by atoms with van der Waals surface area (Å²) in [5, 5.41) is 12.5. The van der Waals surface area contributed by atoms with Gasteiger partial charge in [-0.1, -0.05) is 25.1 Å². The van der Waals surface area contributed by atoms with Crippen LogP contribution >= 0.6 is 0 Å². The minimum atomic E-state index is -0.817. The summed E-state index contributed by atoms with van der Waals surface area (Å²) in [5.41, 5.74) is 0.265. The average Bonchev–Trinajstić information content (AvgIpc) is 2.77. The molecule has 0 saturated heterocycles. The molecule has 4 heteroatoms. The molecule has 1 aliphatic rings. The zero-order chi connectivity index (χ0) is 13.9.